The van der Waals surface area contributed by atoms with E-state index in [2.05, 4.69) is 36.8 Å². The van der Waals surface area contributed by atoms with Gasteiger partial charge < -0.3 is 20.5 Å². The molecule has 1 atom stereocenters. The number of anilines is 3. The number of piperidine rings is 1. The van der Waals surface area contributed by atoms with Crippen LogP contribution >= 0.6 is 11.6 Å². The maximum absolute atomic E-state index is 12.9. The molecule has 0 saturated carbocycles. The first-order valence-electron chi connectivity index (χ1n) is 11.4. The third-order valence-electron chi connectivity index (χ3n) is 5.60. The second-order valence-electron chi connectivity index (χ2n) is 8.64. The van der Waals surface area contributed by atoms with Crippen LogP contribution in [-0.2, 0) is 11.3 Å². The molecule has 4 rings (SSSR count). The summed E-state index contributed by atoms with van der Waals surface area (Å²) in [7, 11) is 0. The van der Waals surface area contributed by atoms with Crippen molar-refractivity contribution in [2.24, 2.45) is 5.92 Å². The first-order valence-corrected chi connectivity index (χ1v) is 11.8. The minimum atomic E-state index is -0.231. The Morgan fingerprint density at radius 2 is 2.26 bits per heavy atom. The Bertz CT molecular complexity index is 1250. The van der Waals surface area contributed by atoms with Gasteiger partial charge in [-0.1, -0.05) is 31.5 Å². The number of rotatable bonds is 7. The Labute approximate surface area is 203 Å². The van der Waals surface area contributed by atoms with E-state index in [1.165, 1.54) is 0 Å². The fourth-order valence-electron chi connectivity index (χ4n) is 4.02. The number of hydrogen-bond acceptors (Lipinski definition) is 7. The van der Waals surface area contributed by atoms with E-state index in [1.54, 1.807) is 23.4 Å². The van der Waals surface area contributed by atoms with Gasteiger partial charge in [0.05, 0.1) is 22.3 Å². The van der Waals surface area contributed by atoms with E-state index in [9.17, 15) is 10.1 Å². The zero-order chi connectivity index (χ0) is 24.2. The van der Waals surface area contributed by atoms with Crippen molar-refractivity contribution in [3.05, 3.63) is 35.3 Å². The number of H-pyrrole nitrogens is 1. The van der Waals surface area contributed by atoms with Crippen molar-refractivity contribution in [1.29, 1.82) is 5.26 Å². The third-order valence-corrected chi connectivity index (χ3v) is 5.90. The summed E-state index contributed by atoms with van der Waals surface area (Å²) in [6.07, 6.45) is 8.67. The molecule has 1 aliphatic rings. The number of hydrogen-bond donors (Lipinski definition) is 3. The zero-order valence-corrected chi connectivity index (χ0v) is 20.2. The van der Waals surface area contributed by atoms with E-state index in [0.717, 1.165) is 25.1 Å². The summed E-state index contributed by atoms with van der Waals surface area (Å²) in [4.78, 5) is 26.9. The van der Waals surface area contributed by atoms with Gasteiger partial charge in [-0.3, -0.25) is 9.48 Å². The summed E-state index contributed by atoms with van der Waals surface area (Å²) < 4.78 is 1.81. The lowest BCUT2D eigenvalue weighted by Crippen LogP contribution is -2.45. The molecule has 1 aliphatic heterocycles. The molecule has 0 bridgehead atoms. The van der Waals surface area contributed by atoms with Crippen LogP contribution in [0.1, 0.15) is 33.6 Å². The maximum atomic E-state index is 12.9. The van der Waals surface area contributed by atoms with Gasteiger partial charge in [0, 0.05) is 38.1 Å². The topological polar surface area (TPSA) is 128 Å². The van der Waals surface area contributed by atoms with E-state index in [-0.39, 0.29) is 23.4 Å². The molecule has 3 N–H and O–H groups in total. The lowest BCUT2D eigenvalue weighted by Gasteiger charge is -2.33. The Morgan fingerprint density at radius 1 is 1.44 bits per heavy atom. The van der Waals surface area contributed by atoms with Crippen molar-refractivity contribution in [1.82, 2.24) is 29.6 Å². The first kappa shape index (κ1) is 23.6. The van der Waals surface area contributed by atoms with Gasteiger partial charge in [0.1, 0.15) is 23.1 Å². The summed E-state index contributed by atoms with van der Waals surface area (Å²) in [5, 5.41) is 21.6. The molecule has 3 aromatic rings. The van der Waals surface area contributed by atoms with Crippen LogP contribution in [0.2, 0.25) is 5.02 Å². The van der Waals surface area contributed by atoms with Gasteiger partial charge in [-0.15, -0.1) is 0 Å². The fourth-order valence-corrected chi connectivity index (χ4v) is 4.25. The second-order valence-corrected chi connectivity index (χ2v) is 9.04. The number of amides is 1. The van der Waals surface area contributed by atoms with Crippen molar-refractivity contribution in [2.75, 3.05) is 23.7 Å². The predicted octanol–water partition coefficient (Wildman–Crippen LogP) is 4.08. The average Bonchev–Trinajstić information content (AvgIpc) is 3.43. The minimum absolute atomic E-state index is 0.0450. The molecule has 0 radical (unpaired) electrons. The van der Waals surface area contributed by atoms with E-state index in [0.29, 0.717) is 40.9 Å². The summed E-state index contributed by atoms with van der Waals surface area (Å²) in [5.41, 5.74) is 1.57. The second kappa shape index (κ2) is 10.1. The minimum Gasteiger partial charge on any atom is -0.365 e. The normalized spacial score (nSPS) is 16.6. The van der Waals surface area contributed by atoms with Gasteiger partial charge in [0.2, 0.25) is 5.95 Å². The number of aromatic nitrogens is 5. The monoisotopic (exact) mass is 481 g/mol. The molecule has 1 amide bonds. The van der Waals surface area contributed by atoms with Gasteiger partial charge in [-0.05, 0) is 25.7 Å². The molecule has 10 nitrogen and oxygen atoms in total. The first-order chi connectivity index (χ1) is 16.4. The molecule has 0 aromatic carbocycles. The van der Waals surface area contributed by atoms with Crippen LogP contribution < -0.4 is 10.6 Å². The molecule has 0 unspecified atom stereocenters. The fraction of sp³-hybridized carbons (Fsp3) is 0.435. The lowest BCUT2D eigenvalue weighted by molar-refractivity contribution is -0.127. The van der Waals surface area contributed by atoms with E-state index < -0.39 is 0 Å². The largest absolute Gasteiger partial charge is 0.365 e. The molecule has 1 saturated heterocycles. The standard InChI is InChI=1S/C23H28ClN9O/c1-4-33-13-17(10-27-33)29-23-30-20-19(18(24)11-26-20)21(31-23)28-16-6-5-7-32(12-16)22(34)15(9-25)8-14(2)3/h8,10-11,13-14,16H,4-7,12H2,1-3H3,(H3,26,28,29,30,31)/b15-8+/t16-/m1/s1. The number of allylic oxidation sites excluding steroid dienone is 1. The van der Waals surface area contributed by atoms with E-state index >= 15 is 0 Å². The maximum Gasteiger partial charge on any atom is 0.264 e. The summed E-state index contributed by atoms with van der Waals surface area (Å²) in [6, 6.07) is 2.01. The van der Waals surface area contributed by atoms with Crippen LogP contribution in [0.3, 0.4) is 0 Å². The SMILES string of the molecule is CCn1cc(Nc2nc(N[C@@H]3CCCN(C(=O)/C(C#N)=C/C(C)C)C3)c3c(Cl)c[nH]c3n2)cn1. The van der Waals surface area contributed by atoms with Crippen molar-refractivity contribution < 1.29 is 4.79 Å². The third kappa shape index (κ3) is 5.15. The quantitative estimate of drug-likeness (QED) is 0.342. The molecule has 178 valence electrons. The molecule has 11 heteroatoms. The number of nitrogens with one attached hydrogen (secondary N) is 3. The molecule has 34 heavy (non-hydrogen) atoms. The highest BCUT2D eigenvalue weighted by Crippen LogP contribution is 2.31. The van der Waals surface area contributed by atoms with Crippen LogP contribution in [0.5, 0.6) is 0 Å². The van der Waals surface area contributed by atoms with Crippen LogP contribution in [0, 0.1) is 17.2 Å². The molecule has 0 spiro atoms. The average molecular weight is 482 g/mol. The molecular weight excluding hydrogens is 454 g/mol. The highest BCUT2D eigenvalue weighted by Gasteiger charge is 2.27. The summed E-state index contributed by atoms with van der Waals surface area (Å²) >= 11 is 6.42. The molecular formula is C23H28ClN9O. The highest BCUT2D eigenvalue weighted by molar-refractivity contribution is 6.36. The van der Waals surface area contributed by atoms with Crippen LogP contribution in [0.4, 0.5) is 17.5 Å². The van der Waals surface area contributed by atoms with Gasteiger partial charge in [0.25, 0.3) is 5.91 Å². The van der Waals surface area contributed by atoms with E-state index in [4.69, 9.17) is 11.6 Å². The molecule has 1 fully saturated rings. The Kier molecular flexibility index (Phi) is 7.03. The Balaban J connectivity index is 1.56. The number of fused-ring (bicyclic) bond motifs is 1. The van der Waals surface area contributed by atoms with Gasteiger partial charge in [-0.25, -0.2) is 0 Å². The van der Waals surface area contributed by atoms with Crippen molar-refractivity contribution in [3.63, 3.8) is 0 Å². The van der Waals surface area contributed by atoms with Crippen LogP contribution in [0.25, 0.3) is 11.0 Å². The number of likely N-dealkylation sites (tertiary alicyclic amines) is 1. The summed E-state index contributed by atoms with van der Waals surface area (Å²) in [6.45, 7) is 7.76. The van der Waals surface area contributed by atoms with E-state index in [1.807, 2.05) is 31.6 Å². The number of aryl methyl sites for hydroxylation is 1. The van der Waals surface area contributed by atoms with Crippen LogP contribution in [-0.4, -0.2) is 54.7 Å². The number of aromatic amines is 1. The Hall–Kier alpha value is -3.58. The van der Waals surface area contributed by atoms with Crippen LogP contribution in [0.15, 0.2) is 30.2 Å². The number of nitrogens with zero attached hydrogens (tertiary/aromatic N) is 6. The summed E-state index contributed by atoms with van der Waals surface area (Å²) in [5.74, 6) is 0.877. The van der Waals surface area contributed by atoms with Gasteiger partial charge in [-0.2, -0.15) is 20.3 Å². The Morgan fingerprint density at radius 3 is 2.97 bits per heavy atom. The van der Waals surface area contributed by atoms with Crippen molar-refractivity contribution >= 4 is 46.0 Å². The van der Waals surface area contributed by atoms with Crippen molar-refractivity contribution in [2.45, 2.75) is 46.2 Å². The van der Waals surface area contributed by atoms with Gasteiger partial charge >= 0.3 is 0 Å². The highest BCUT2D eigenvalue weighted by atomic mass is 35.5. The molecule has 4 heterocycles. The van der Waals surface area contributed by atoms with Gasteiger partial charge in [0.15, 0.2) is 0 Å². The van der Waals surface area contributed by atoms with Crippen molar-refractivity contribution in [3.8, 4) is 6.07 Å². The molecule has 0 aliphatic carbocycles. The number of nitriles is 1. The smallest absolute Gasteiger partial charge is 0.264 e. The zero-order valence-electron chi connectivity index (χ0n) is 19.5. The predicted molar refractivity (Wildman–Crippen MR) is 132 cm³/mol. The number of carbonyl (C=O) groups excluding carboxylic acids is 1. The number of carbonyl (C=O) groups is 1. The molecule has 3 aromatic heterocycles. The number of halogens is 1. The lowest BCUT2D eigenvalue weighted by atomic mass is 10.0.